The molecule has 1 rings (SSSR count). The normalized spacial score (nSPS) is 13.3. The highest BCUT2D eigenvalue weighted by molar-refractivity contribution is 7.54. The van der Waals surface area contributed by atoms with Crippen molar-refractivity contribution in [1.29, 1.82) is 0 Å². The SMILES string of the molecule is CCCCC(c1ccc(O)cc1)P(=O)(OCC)OCC. The minimum absolute atomic E-state index is 0.200. The molecule has 0 bridgehead atoms. The smallest absolute Gasteiger partial charge is 0.338 e. The molecule has 1 unspecified atom stereocenters. The Balaban J connectivity index is 3.08. The molecule has 1 atom stereocenters. The quantitative estimate of drug-likeness (QED) is 0.660. The number of hydrogen-bond donors (Lipinski definition) is 1. The van der Waals surface area contributed by atoms with Gasteiger partial charge >= 0.3 is 7.60 Å². The molecule has 0 fully saturated rings. The van der Waals surface area contributed by atoms with Gasteiger partial charge in [-0.15, -0.1) is 0 Å². The Morgan fingerprint density at radius 3 is 2.10 bits per heavy atom. The second-order valence-electron chi connectivity index (χ2n) is 4.62. The summed E-state index contributed by atoms with van der Waals surface area (Å²) in [5.41, 5.74) is 0.615. The van der Waals surface area contributed by atoms with Gasteiger partial charge in [0.25, 0.3) is 0 Å². The lowest BCUT2D eigenvalue weighted by molar-refractivity contribution is 0.210. The van der Waals surface area contributed by atoms with Crippen LogP contribution in [0.3, 0.4) is 0 Å². The van der Waals surface area contributed by atoms with Crippen molar-refractivity contribution in [3.8, 4) is 5.75 Å². The Morgan fingerprint density at radius 1 is 1.10 bits per heavy atom. The summed E-state index contributed by atoms with van der Waals surface area (Å²) in [6, 6.07) is 6.80. The highest BCUT2D eigenvalue weighted by atomic mass is 31.2. The molecule has 0 spiro atoms. The third-order valence-corrected chi connectivity index (χ3v) is 5.66. The Hall–Kier alpha value is -0.830. The zero-order chi connectivity index (χ0) is 15.0. The van der Waals surface area contributed by atoms with Crippen LogP contribution in [0.5, 0.6) is 5.75 Å². The number of benzene rings is 1. The molecule has 0 aliphatic rings. The van der Waals surface area contributed by atoms with Crippen molar-refractivity contribution >= 4 is 7.60 Å². The minimum atomic E-state index is -3.18. The van der Waals surface area contributed by atoms with Gasteiger partial charge in [0.2, 0.25) is 0 Å². The highest BCUT2D eigenvalue weighted by Crippen LogP contribution is 2.62. The van der Waals surface area contributed by atoms with E-state index in [-0.39, 0.29) is 11.4 Å². The van der Waals surface area contributed by atoms with Gasteiger partial charge in [0, 0.05) is 0 Å². The van der Waals surface area contributed by atoms with Crippen LogP contribution in [-0.2, 0) is 13.6 Å². The molecule has 0 aliphatic heterocycles. The molecule has 0 heterocycles. The average Bonchev–Trinajstić information content (AvgIpc) is 2.41. The van der Waals surface area contributed by atoms with E-state index in [1.54, 1.807) is 24.3 Å². The molecule has 0 aromatic heterocycles. The van der Waals surface area contributed by atoms with E-state index < -0.39 is 7.60 Å². The van der Waals surface area contributed by atoms with Gasteiger partial charge < -0.3 is 14.2 Å². The van der Waals surface area contributed by atoms with E-state index in [9.17, 15) is 9.67 Å². The van der Waals surface area contributed by atoms with Crippen molar-refractivity contribution in [2.75, 3.05) is 13.2 Å². The number of phenols is 1. The van der Waals surface area contributed by atoms with Crippen LogP contribution in [0.15, 0.2) is 24.3 Å². The van der Waals surface area contributed by atoms with Gasteiger partial charge in [-0.3, -0.25) is 4.57 Å². The third kappa shape index (κ3) is 4.62. The zero-order valence-corrected chi connectivity index (χ0v) is 13.4. The summed E-state index contributed by atoms with van der Waals surface area (Å²) in [4.78, 5) is 0. The second-order valence-corrected chi connectivity index (χ2v) is 6.84. The number of phenolic OH excluding ortho intramolecular Hbond substituents is 1. The summed E-state index contributed by atoms with van der Waals surface area (Å²) in [6.45, 7) is 6.45. The van der Waals surface area contributed by atoms with Gasteiger partial charge in [0.15, 0.2) is 0 Å². The molecular weight excluding hydrogens is 275 g/mol. The second kappa shape index (κ2) is 8.46. The maximum absolute atomic E-state index is 13.0. The van der Waals surface area contributed by atoms with Crippen molar-refractivity contribution < 1.29 is 18.7 Å². The van der Waals surface area contributed by atoms with Crippen molar-refractivity contribution in [3.63, 3.8) is 0 Å². The largest absolute Gasteiger partial charge is 0.508 e. The van der Waals surface area contributed by atoms with E-state index in [2.05, 4.69) is 6.92 Å². The summed E-state index contributed by atoms with van der Waals surface area (Å²) < 4.78 is 24.0. The van der Waals surface area contributed by atoms with E-state index in [4.69, 9.17) is 9.05 Å². The van der Waals surface area contributed by atoms with Gasteiger partial charge in [-0.1, -0.05) is 31.9 Å². The number of rotatable bonds is 9. The molecule has 114 valence electrons. The Kier molecular flexibility index (Phi) is 7.28. The molecule has 1 N–H and O–H groups in total. The lowest BCUT2D eigenvalue weighted by Crippen LogP contribution is -2.07. The first-order chi connectivity index (χ1) is 9.57. The Morgan fingerprint density at radius 2 is 1.65 bits per heavy atom. The first kappa shape index (κ1) is 17.2. The monoisotopic (exact) mass is 300 g/mol. The van der Waals surface area contributed by atoms with Crippen molar-refractivity contribution in [2.45, 2.75) is 45.7 Å². The van der Waals surface area contributed by atoms with E-state index in [0.29, 0.717) is 13.2 Å². The molecule has 5 heteroatoms. The molecule has 0 saturated carbocycles. The number of hydrogen-bond acceptors (Lipinski definition) is 4. The standard InChI is InChI=1S/C15H25O4P/c1-4-7-8-15(13-9-11-14(16)12-10-13)20(17,18-5-2)19-6-3/h9-12,15-16H,4-8H2,1-3H3. The van der Waals surface area contributed by atoms with E-state index in [1.165, 1.54) is 0 Å². The molecule has 0 saturated heterocycles. The van der Waals surface area contributed by atoms with Crippen LogP contribution in [0, 0.1) is 0 Å². The molecule has 0 aliphatic carbocycles. The molecule has 20 heavy (non-hydrogen) atoms. The van der Waals surface area contributed by atoms with E-state index in [0.717, 1.165) is 24.8 Å². The first-order valence-corrected chi connectivity index (χ1v) is 8.86. The van der Waals surface area contributed by atoms with Crippen LogP contribution >= 0.6 is 7.60 Å². The van der Waals surface area contributed by atoms with Gasteiger partial charge in [-0.2, -0.15) is 0 Å². The maximum Gasteiger partial charge on any atom is 0.338 e. The highest BCUT2D eigenvalue weighted by Gasteiger charge is 2.36. The summed E-state index contributed by atoms with van der Waals surface area (Å²) in [7, 11) is -3.18. The average molecular weight is 300 g/mol. The van der Waals surface area contributed by atoms with Crippen LogP contribution in [-0.4, -0.2) is 18.3 Å². The predicted molar refractivity (Wildman–Crippen MR) is 81.2 cm³/mol. The van der Waals surface area contributed by atoms with Crippen molar-refractivity contribution in [3.05, 3.63) is 29.8 Å². The molecule has 4 nitrogen and oxygen atoms in total. The summed E-state index contributed by atoms with van der Waals surface area (Å²) >= 11 is 0. The fraction of sp³-hybridized carbons (Fsp3) is 0.600. The Bertz CT molecular complexity index is 420. The molecule has 1 aromatic carbocycles. The van der Waals surface area contributed by atoms with Crippen molar-refractivity contribution in [2.24, 2.45) is 0 Å². The van der Waals surface area contributed by atoms with Crippen molar-refractivity contribution in [1.82, 2.24) is 0 Å². The van der Waals surface area contributed by atoms with Crippen LogP contribution in [0.25, 0.3) is 0 Å². The van der Waals surface area contributed by atoms with Crippen LogP contribution in [0.1, 0.15) is 51.3 Å². The van der Waals surface area contributed by atoms with Gasteiger partial charge in [-0.25, -0.2) is 0 Å². The minimum Gasteiger partial charge on any atom is -0.508 e. The lowest BCUT2D eigenvalue weighted by atomic mass is 10.1. The summed E-state index contributed by atoms with van der Waals surface area (Å²) in [6.07, 6.45) is 2.72. The number of aromatic hydroxyl groups is 1. The fourth-order valence-electron chi connectivity index (χ4n) is 2.18. The van der Waals surface area contributed by atoms with E-state index >= 15 is 0 Å². The third-order valence-electron chi connectivity index (χ3n) is 3.11. The van der Waals surface area contributed by atoms with Crippen LogP contribution in [0.2, 0.25) is 0 Å². The van der Waals surface area contributed by atoms with Crippen LogP contribution < -0.4 is 0 Å². The zero-order valence-electron chi connectivity index (χ0n) is 12.5. The van der Waals surface area contributed by atoms with Crippen LogP contribution in [0.4, 0.5) is 0 Å². The number of unbranched alkanes of at least 4 members (excludes halogenated alkanes) is 1. The fourth-order valence-corrected chi connectivity index (χ4v) is 4.37. The molecule has 0 amide bonds. The molecular formula is C15H25O4P. The van der Waals surface area contributed by atoms with Gasteiger partial charge in [0.05, 0.1) is 18.9 Å². The van der Waals surface area contributed by atoms with Gasteiger partial charge in [0.1, 0.15) is 5.75 Å². The topological polar surface area (TPSA) is 55.8 Å². The molecule has 0 radical (unpaired) electrons. The summed E-state index contributed by atoms with van der Waals surface area (Å²) in [5.74, 6) is 0.200. The summed E-state index contributed by atoms with van der Waals surface area (Å²) in [5, 5.41) is 9.39. The van der Waals surface area contributed by atoms with E-state index in [1.807, 2.05) is 13.8 Å². The predicted octanol–water partition coefficient (Wildman–Crippen LogP) is 4.89. The maximum atomic E-state index is 13.0. The van der Waals surface area contributed by atoms with Gasteiger partial charge in [-0.05, 0) is 38.0 Å². The lowest BCUT2D eigenvalue weighted by Gasteiger charge is -2.26. The first-order valence-electron chi connectivity index (χ1n) is 7.25. The molecule has 1 aromatic rings. The Labute approximate surface area is 121 Å².